The highest BCUT2D eigenvalue weighted by molar-refractivity contribution is 5.71. The van der Waals surface area contributed by atoms with Crippen LogP contribution in [0.25, 0.3) is 0 Å². The highest BCUT2D eigenvalue weighted by Crippen LogP contribution is 1.91. The van der Waals surface area contributed by atoms with E-state index in [0.717, 1.165) is 0 Å². The molecule has 0 aliphatic carbocycles. The van der Waals surface area contributed by atoms with E-state index < -0.39 is 0 Å². The topological polar surface area (TPSA) is 38.3 Å². The lowest BCUT2D eigenvalue weighted by Crippen LogP contribution is -2.22. The summed E-state index contributed by atoms with van der Waals surface area (Å²) in [5.74, 6) is 0.233. The van der Waals surface area contributed by atoms with Gasteiger partial charge in [0.2, 0.25) is 0 Å². The molecule has 0 aromatic rings. The summed E-state index contributed by atoms with van der Waals surface area (Å²) in [7, 11) is 1.72. The zero-order valence-corrected chi connectivity index (χ0v) is 6.81. The van der Waals surface area contributed by atoms with E-state index in [0.29, 0.717) is 19.1 Å². The predicted molar refractivity (Wildman–Crippen MR) is 46.5 cm³/mol. The molecule has 3 heteroatoms. The molecule has 0 aromatic carbocycles. The van der Waals surface area contributed by atoms with Crippen molar-refractivity contribution in [2.75, 3.05) is 20.2 Å². The van der Waals surface area contributed by atoms with Crippen LogP contribution in [0.4, 0.5) is 0 Å². The summed E-state index contributed by atoms with van der Waals surface area (Å²) >= 11 is 0. The van der Waals surface area contributed by atoms with Gasteiger partial charge in [0.05, 0.1) is 13.2 Å². The molecule has 0 radical (unpaired) electrons. The first-order valence-electron chi connectivity index (χ1n) is 3.47. The van der Waals surface area contributed by atoms with Gasteiger partial charge in [0.15, 0.2) is 0 Å². The Kier molecular flexibility index (Phi) is 8.94. The molecule has 68 valence electrons. The van der Waals surface area contributed by atoms with Crippen LogP contribution in [0.1, 0.15) is 21.3 Å². The number of ether oxygens (including phenoxy) is 1. The number of esters is 1. The van der Waals surface area contributed by atoms with Crippen molar-refractivity contribution in [1.82, 2.24) is 5.32 Å². The summed E-state index contributed by atoms with van der Waals surface area (Å²) in [5, 5.41) is 2.72. The molecule has 0 aliphatic heterocycles. The van der Waals surface area contributed by atoms with Crippen molar-refractivity contribution in [3.8, 4) is 0 Å². The van der Waals surface area contributed by atoms with Gasteiger partial charge in [0.1, 0.15) is 0 Å². The lowest BCUT2D eigenvalue weighted by atomic mass is 10.2. The Labute approximate surface area is 69.1 Å². The Morgan fingerprint density at radius 1 is 1.55 bits per heavy atom. The van der Waals surface area contributed by atoms with E-state index in [-0.39, 0.29) is 13.4 Å². The van der Waals surface area contributed by atoms with Gasteiger partial charge >= 0.3 is 5.97 Å². The molecule has 3 nitrogen and oxygen atoms in total. The SMILES string of the molecule is C.CNCC(=O)OCC(C)C. The molecule has 0 aromatic heterocycles. The van der Waals surface area contributed by atoms with E-state index in [9.17, 15) is 4.79 Å². The standard InChI is InChI=1S/C7H15NO2.CH4/c1-6(2)5-10-7(9)4-8-3;/h6,8H,4-5H2,1-3H3;1H4. The lowest BCUT2D eigenvalue weighted by molar-refractivity contribution is -0.143. The average Bonchev–Trinajstić information content (AvgIpc) is 1.85. The van der Waals surface area contributed by atoms with Gasteiger partial charge in [-0.1, -0.05) is 21.3 Å². The minimum Gasteiger partial charge on any atom is -0.464 e. The van der Waals surface area contributed by atoms with Crippen LogP contribution in [-0.2, 0) is 9.53 Å². The predicted octanol–water partition coefficient (Wildman–Crippen LogP) is 1.04. The molecule has 0 fully saturated rings. The third-order valence-electron chi connectivity index (χ3n) is 0.899. The van der Waals surface area contributed by atoms with Crippen molar-refractivity contribution < 1.29 is 9.53 Å². The summed E-state index contributed by atoms with van der Waals surface area (Å²) in [4.78, 5) is 10.7. The van der Waals surface area contributed by atoms with E-state index in [1.807, 2.05) is 13.8 Å². The van der Waals surface area contributed by atoms with Crippen molar-refractivity contribution in [2.24, 2.45) is 5.92 Å². The van der Waals surface area contributed by atoms with E-state index in [1.165, 1.54) is 0 Å². The molecule has 0 spiro atoms. The second-order valence-corrected chi connectivity index (χ2v) is 2.61. The second kappa shape index (κ2) is 7.54. The van der Waals surface area contributed by atoms with Crippen LogP contribution in [0.15, 0.2) is 0 Å². The Morgan fingerprint density at radius 2 is 2.09 bits per heavy atom. The Hall–Kier alpha value is -0.570. The third-order valence-corrected chi connectivity index (χ3v) is 0.899. The van der Waals surface area contributed by atoms with Crippen LogP contribution in [-0.4, -0.2) is 26.2 Å². The molecule has 0 saturated heterocycles. The molecular formula is C8H19NO2. The number of likely N-dealkylation sites (N-methyl/N-ethyl adjacent to an activating group) is 1. The first-order valence-corrected chi connectivity index (χ1v) is 3.47. The van der Waals surface area contributed by atoms with Gasteiger partial charge in [-0.15, -0.1) is 0 Å². The number of carbonyl (C=O) groups excluding carboxylic acids is 1. The van der Waals surface area contributed by atoms with Crippen molar-refractivity contribution in [3.05, 3.63) is 0 Å². The fraction of sp³-hybridized carbons (Fsp3) is 0.875. The van der Waals surface area contributed by atoms with Gasteiger partial charge in [-0.2, -0.15) is 0 Å². The fourth-order valence-corrected chi connectivity index (χ4v) is 0.455. The molecular weight excluding hydrogens is 142 g/mol. The Bertz CT molecular complexity index is 102. The Balaban J connectivity index is 0. The van der Waals surface area contributed by atoms with Gasteiger partial charge in [-0.25, -0.2) is 0 Å². The Morgan fingerprint density at radius 3 is 2.45 bits per heavy atom. The number of carbonyl (C=O) groups is 1. The van der Waals surface area contributed by atoms with E-state index in [4.69, 9.17) is 4.74 Å². The zero-order valence-electron chi connectivity index (χ0n) is 6.81. The van der Waals surface area contributed by atoms with E-state index in [2.05, 4.69) is 5.32 Å². The minimum absolute atomic E-state index is 0. The van der Waals surface area contributed by atoms with Crippen molar-refractivity contribution in [3.63, 3.8) is 0 Å². The molecule has 0 bridgehead atoms. The van der Waals surface area contributed by atoms with Crippen LogP contribution in [0.5, 0.6) is 0 Å². The number of rotatable bonds is 4. The maximum atomic E-state index is 10.7. The van der Waals surface area contributed by atoms with Crippen LogP contribution in [0, 0.1) is 5.92 Å². The molecule has 0 atom stereocenters. The third kappa shape index (κ3) is 9.43. The summed E-state index contributed by atoms with van der Waals surface area (Å²) in [6, 6.07) is 0. The first-order chi connectivity index (χ1) is 4.66. The lowest BCUT2D eigenvalue weighted by Gasteiger charge is -2.05. The van der Waals surface area contributed by atoms with Crippen LogP contribution in [0.2, 0.25) is 0 Å². The van der Waals surface area contributed by atoms with Crippen LogP contribution in [0.3, 0.4) is 0 Å². The molecule has 0 unspecified atom stereocenters. The number of hydrogen-bond donors (Lipinski definition) is 1. The highest BCUT2D eigenvalue weighted by atomic mass is 16.5. The summed E-state index contributed by atoms with van der Waals surface area (Å²) < 4.78 is 4.84. The van der Waals surface area contributed by atoms with Gasteiger partial charge in [-0.3, -0.25) is 4.79 Å². The molecule has 0 rings (SSSR count). The second-order valence-electron chi connectivity index (χ2n) is 2.61. The van der Waals surface area contributed by atoms with Crippen molar-refractivity contribution in [2.45, 2.75) is 21.3 Å². The quantitative estimate of drug-likeness (QED) is 0.626. The van der Waals surface area contributed by atoms with Crippen LogP contribution >= 0.6 is 0 Å². The number of nitrogens with one attached hydrogen (secondary N) is 1. The van der Waals surface area contributed by atoms with E-state index in [1.54, 1.807) is 7.05 Å². The monoisotopic (exact) mass is 161 g/mol. The maximum Gasteiger partial charge on any atom is 0.319 e. The van der Waals surface area contributed by atoms with Crippen LogP contribution < -0.4 is 5.32 Å². The van der Waals surface area contributed by atoms with Gasteiger partial charge in [0.25, 0.3) is 0 Å². The highest BCUT2D eigenvalue weighted by Gasteiger charge is 2.00. The normalized spacial score (nSPS) is 9.09. The minimum atomic E-state index is -0.184. The zero-order chi connectivity index (χ0) is 7.98. The van der Waals surface area contributed by atoms with Gasteiger partial charge in [-0.05, 0) is 13.0 Å². The van der Waals surface area contributed by atoms with E-state index >= 15 is 0 Å². The summed E-state index contributed by atoms with van der Waals surface area (Å²) in [6.07, 6.45) is 0. The molecule has 0 amide bonds. The van der Waals surface area contributed by atoms with Crippen molar-refractivity contribution >= 4 is 5.97 Å². The fourth-order valence-electron chi connectivity index (χ4n) is 0.455. The molecule has 0 heterocycles. The molecule has 1 N–H and O–H groups in total. The molecule has 11 heavy (non-hydrogen) atoms. The van der Waals surface area contributed by atoms with Gasteiger partial charge < -0.3 is 10.1 Å². The first kappa shape index (κ1) is 13.1. The average molecular weight is 161 g/mol. The van der Waals surface area contributed by atoms with Gasteiger partial charge in [0, 0.05) is 0 Å². The maximum absolute atomic E-state index is 10.7. The molecule has 0 saturated carbocycles. The largest absolute Gasteiger partial charge is 0.464 e. The molecule has 0 aliphatic rings. The number of hydrogen-bond acceptors (Lipinski definition) is 3. The smallest absolute Gasteiger partial charge is 0.319 e. The summed E-state index contributed by atoms with van der Waals surface area (Å²) in [6.45, 7) is 4.83. The summed E-state index contributed by atoms with van der Waals surface area (Å²) in [5.41, 5.74) is 0. The van der Waals surface area contributed by atoms with Crippen molar-refractivity contribution in [1.29, 1.82) is 0 Å².